The van der Waals surface area contributed by atoms with Gasteiger partial charge in [-0.2, -0.15) is 0 Å². The van der Waals surface area contributed by atoms with Crippen LogP contribution in [0.15, 0.2) is 70.0 Å². The van der Waals surface area contributed by atoms with Crippen LogP contribution in [-0.2, 0) is 0 Å². The molecule has 0 bridgehead atoms. The van der Waals surface area contributed by atoms with Gasteiger partial charge in [0, 0.05) is 5.56 Å². The molecule has 3 rings (SSSR count). The van der Waals surface area contributed by atoms with E-state index in [1.165, 1.54) is 4.57 Å². The Hall–Kier alpha value is -2.62. The molecule has 0 atom stereocenters. The van der Waals surface area contributed by atoms with E-state index < -0.39 is 5.76 Å². The second-order valence-corrected chi connectivity index (χ2v) is 3.81. The maximum absolute atomic E-state index is 11.7. The summed E-state index contributed by atoms with van der Waals surface area (Å²) in [6.45, 7) is 0. The van der Waals surface area contributed by atoms with Crippen molar-refractivity contribution in [3.8, 4) is 17.1 Å². The van der Waals surface area contributed by atoms with Crippen LogP contribution in [0.25, 0.3) is 17.1 Å². The van der Waals surface area contributed by atoms with Crippen molar-refractivity contribution in [1.29, 1.82) is 0 Å². The predicted octanol–water partition coefficient (Wildman–Crippen LogP) is 2.49. The van der Waals surface area contributed by atoms with Crippen molar-refractivity contribution in [3.05, 3.63) is 71.2 Å². The lowest BCUT2D eigenvalue weighted by Crippen LogP contribution is -2.12. The average molecular weight is 238 g/mol. The first-order chi connectivity index (χ1) is 8.86. The molecular formula is C14H10N2O2. The number of rotatable bonds is 2. The van der Waals surface area contributed by atoms with E-state index in [1.54, 1.807) is 0 Å². The molecular weight excluding hydrogens is 228 g/mol. The molecule has 0 amide bonds. The van der Waals surface area contributed by atoms with Crippen molar-refractivity contribution in [2.24, 2.45) is 0 Å². The van der Waals surface area contributed by atoms with E-state index in [9.17, 15) is 4.79 Å². The number of nitrogens with zero attached hydrogens (tertiary/aromatic N) is 2. The van der Waals surface area contributed by atoms with E-state index in [0.717, 1.165) is 11.3 Å². The molecule has 0 spiro atoms. The molecule has 0 N–H and O–H groups in total. The van der Waals surface area contributed by atoms with Gasteiger partial charge in [0.15, 0.2) is 5.82 Å². The number of para-hydroxylation sites is 1. The minimum Gasteiger partial charge on any atom is -0.295 e. The SMILES string of the molecule is O=c1onc(-c2ccccc2)n1-c1ccccc1. The Morgan fingerprint density at radius 2 is 1.50 bits per heavy atom. The number of aromatic nitrogens is 2. The van der Waals surface area contributed by atoms with Crippen molar-refractivity contribution in [1.82, 2.24) is 9.72 Å². The average Bonchev–Trinajstić information content (AvgIpc) is 2.83. The first-order valence-electron chi connectivity index (χ1n) is 5.56. The fourth-order valence-corrected chi connectivity index (χ4v) is 1.82. The lowest BCUT2D eigenvalue weighted by Gasteiger charge is -2.03. The van der Waals surface area contributed by atoms with Gasteiger partial charge in [0.25, 0.3) is 0 Å². The molecule has 4 heteroatoms. The molecule has 0 saturated heterocycles. The van der Waals surface area contributed by atoms with Crippen LogP contribution >= 0.6 is 0 Å². The van der Waals surface area contributed by atoms with Gasteiger partial charge in [-0.25, -0.2) is 9.36 Å². The fourth-order valence-electron chi connectivity index (χ4n) is 1.82. The highest BCUT2D eigenvalue weighted by Crippen LogP contribution is 2.18. The van der Waals surface area contributed by atoms with E-state index in [-0.39, 0.29) is 0 Å². The summed E-state index contributed by atoms with van der Waals surface area (Å²) >= 11 is 0. The van der Waals surface area contributed by atoms with Gasteiger partial charge in [0.2, 0.25) is 0 Å². The molecule has 3 aromatic rings. The van der Waals surface area contributed by atoms with E-state index in [4.69, 9.17) is 4.52 Å². The van der Waals surface area contributed by atoms with Gasteiger partial charge in [0.05, 0.1) is 5.69 Å². The molecule has 1 aromatic heterocycles. The zero-order valence-corrected chi connectivity index (χ0v) is 9.48. The van der Waals surface area contributed by atoms with E-state index in [2.05, 4.69) is 5.16 Å². The summed E-state index contributed by atoms with van der Waals surface area (Å²) in [4.78, 5) is 11.7. The predicted molar refractivity (Wildman–Crippen MR) is 67.5 cm³/mol. The van der Waals surface area contributed by atoms with Gasteiger partial charge in [-0.1, -0.05) is 53.7 Å². The summed E-state index contributed by atoms with van der Waals surface area (Å²) in [6, 6.07) is 18.8. The van der Waals surface area contributed by atoms with Crippen LogP contribution in [0.2, 0.25) is 0 Å². The summed E-state index contributed by atoms with van der Waals surface area (Å²) in [5.74, 6) is 0.0202. The Morgan fingerprint density at radius 3 is 2.17 bits per heavy atom. The van der Waals surface area contributed by atoms with E-state index >= 15 is 0 Å². The Morgan fingerprint density at radius 1 is 0.889 bits per heavy atom. The molecule has 0 aliphatic heterocycles. The highest BCUT2D eigenvalue weighted by atomic mass is 16.5. The molecule has 2 aromatic carbocycles. The van der Waals surface area contributed by atoms with Crippen LogP contribution in [0, 0.1) is 0 Å². The standard InChI is InChI=1S/C14H10N2O2/c17-14-16(12-9-5-2-6-10-12)13(15-18-14)11-7-3-1-4-8-11/h1-10H. The van der Waals surface area contributed by atoms with Crippen molar-refractivity contribution in [2.75, 3.05) is 0 Å². The normalized spacial score (nSPS) is 10.4. The fraction of sp³-hybridized carbons (Fsp3) is 0. The van der Waals surface area contributed by atoms with Crippen LogP contribution in [0.3, 0.4) is 0 Å². The van der Waals surface area contributed by atoms with Gasteiger partial charge < -0.3 is 0 Å². The van der Waals surface area contributed by atoms with Gasteiger partial charge in [-0.15, -0.1) is 0 Å². The third kappa shape index (κ3) is 1.73. The monoisotopic (exact) mass is 238 g/mol. The van der Waals surface area contributed by atoms with Gasteiger partial charge >= 0.3 is 5.76 Å². The summed E-state index contributed by atoms with van der Waals surface area (Å²) in [7, 11) is 0. The molecule has 4 nitrogen and oxygen atoms in total. The van der Waals surface area contributed by atoms with E-state index in [1.807, 2.05) is 60.7 Å². The van der Waals surface area contributed by atoms with Crippen molar-refractivity contribution in [3.63, 3.8) is 0 Å². The maximum Gasteiger partial charge on any atom is 0.446 e. The molecule has 0 fully saturated rings. The Labute approximate surface area is 103 Å². The summed E-state index contributed by atoms with van der Waals surface area (Å²) < 4.78 is 6.22. The largest absolute Gasteiger partial charge is 0.446 e. The highest BCUT2D eigenvalue weighted by molar-refractivity contribution is 5.57. The molecule has 0 radical (unpaired) electrons. The van der Waals surface area contributed by atoms with Gasteiger partial charge in [-0.3, -0.25) is 4.52 Å². The Bertz CT molecular complexity index is 699. The van der Waals surface area contributed by atoms with Crippen molar-refractivity contribution >= 4 is 0 Å². The summed E-state index contributed by atoms with van der Waals surface area (Å²) in [5.41, 5.74) is 1.58. The number of hydrogen-bond acceptors (Lipinski definition) is 3. The Balaban J connectivity index is 2.23. The lowest BCUT2D eigenvalue weighted by molar-refractivity contribution is 0.383. The highest BCUT2D eigenvalue weighted by Gasteiger charge is 2.13. The molecule has 0 aliphatic carbocycles. The molecule has 0 unspecified atom stereocenters. The lowest BCUT2D eigenvalue weighted by atomic mass is 10.2. The molecule has 88 valence electrons. The molecule has 1 heterocycles. The minimum atomic E-state index is -0.486. The summed E-state index contributed by atoms with van der Waals surface area (Å²) in [5, 5.41) is 3.84. The number of benzene rings is 2. The van der Waals surface area contributed by atoms with Crippen LogP contribution in [0.4, 0.5) is 0 Å². The minimum absolute atomic E-state index is 0.486. The first-order valence-corrected chi connectivity index (χ1v) is 5.56. The quantitative estimate of drug-likeness (QED) is 0.689. The number of hydrogen-bond donors (Lipinski definition) is 0. The van der Waals surface area contributed by atoms with E-state index in [0.29, 0.717) is 5.82 Å². The van der Waals surface area contributed by atoms with Crippen LogP contribution in [-0.4, -0.2) is 9.72 Å². The smallest absolute Gasteiger partial charge is 0.295 e. The van der Waals surface area contributed by atoms with Crippen molar-refractivity contribution in [2.45, 2.75) is 0 Å². The molecule has 18 heavy (non-hydrogen) atoms. The zero-order valence-electron chi connectivity index (χ0n) is 9.48. The first kappa shape index (κ1) is 10.5. The van der Waals surface area contributed by atoms with Crippen LogP contribution < -0.4 is 5.76 Å². The molecule has 0 aliphatic rings. The third-order valence-corrected chi connectivity index (χ3v) is 2.65. The second kappa shape index (κ2) is 4.33. The molecule has 0 saturated carbocycles. The van der Waals surface area contributed by atoms with Crippen LogP contribution in [0.5, 0.6) is 0 Å². The zero-order chi connectivity index (χ0) is 12.4. The third-order valence-electron chi connectivity index (χ3n) is 2.65. The summed E-state index contributed by atoms with van der Waals surface area (Å²) in [6.07, 6.45) is 0. The van der Waals surface area contributed by atoms with Crippen LogP contribution in [0.1, 0.15) is 0 Å². The topological polar surface area (TPSA) is 48.0 Å². The van der Waals surface area contributed by atoms with Gasteiger partial charge in [-0.05, 0) is 12.1 Å². The maximum atomic E-state index is 11.7. The second-order valence-electron chi connectivity index (χ2n) is 3.81. The van der Waals surface area contributed by atoms with Crippen molar-refractivity contribution < 1.29 is 4.52 Å². The Kier molecular flexibility index (Phi) is 2.53. The van der Waals surface area contributed by atoms with Gasteiger partial charge in [0.1, 0.15) is 0 Å².